The summed E-state index contributed by atoms with van der Waals surface area (Å²) in [6, 6.07) is 14.3. The van der Waals surface area contributed by atoms with E-state index < -0.39 is 23.6 Å². The Hall–Kier alpha value is -3.78. The van der Waals surface area contributed by atoms with Gasteiger partial charge in [-0.25, -0.2) is 4.39 Å². The molecule has 0 saturated heterocycles. The van der Waals surface area contributed by atoms with Crippen LogP contribution in [-0.2, 0) is 11.2 Å². The van der Waals surface area contributed by atoms with Gasteiger partial charge in [-0.2, -0.15) is 0 Å². The molecular weight excluding hydrogens is 437 g/mol. The van der Waals surface area contributed by atoms with Gasteiger partial charge in [0.1, 0.15) is 17.7 Å². The van der Waals surface area contributed by atoms with E-state index in [-0.39, 0.29) is 28.4 Å². The number of pyridine rings is 1. The molecule has 0 spiro atoms. The van der Waals surface area contributed by atoms with Gasteiger partial charge in [-0.05, 0) is 73.3 Å². The highest BCUT2D eigenvalue weighted by Crippen LogP contribution is 2.19. The Labute approximate surface area is 197 Å². The van der Waals surface area contributed by atoms with Crippen LogP contribution in [0.5, 0.6) is 0 Å². The van der Waals surface area contributed by atoms with Crippen LogP contribution in [0.1, 0.15) is 41.8 Å². The van der Waals surface area contributed by atoms with Gasteiger partial charge in [0, 0.05) is 11.6 Å². The Balaban J connectivity index is 1.77. The van der Waals surface area contributed by atoms with E-state index in [0.29, 0.717) is 25.1 Å². The number of nitrogens with two attached hydrogens (primary N) is 1. The number of nitrogens with one attached hydrogen (secondary N) is 1. The molecule has 0 fully saturated rings. The molecule has 2 aromatic carbocycles. The maximum atomic E-state index is 13.2. The van der Waals surface area contributed by atoms with Crippen molar-refractivity contribution in [2.24, 2.45) is 5.92 Å². The van der Waals surface area contributed by atoms with Gasteiger partial charge < -0.3 is 16.2 Å². The highest BCUT2D eigenvalue weighted by Gasteiger charge is 2.18. The molecule has 7 nitrogen and oxygen atoms in total. The maximum absolute atomic E-state index is 13.2. The van der Waals surface area contributed by atoms with Crippen molar-refractivity contribution in [2.75, 3.05) is 12.3 Å². The topological polar surface area (TPSA) is 114 Å². The number of ketones is 1. The summed E-state index contributed by atoms with van der Waals surface area (Å²) < 4.78 is 14.4. The first-order valence-electron chi connectivity index (χ1n) is 11.0. The number of nitrogens with zero attached hydrogens (tertiary/aromatic N) is 1. The average molecular weight is 466 g/mol. The Kier molecular flexibility index (Phi) is 7.96. The number of anilines is 1. The van der Waals surface area contributed by atoms with Crippen molar-refractivity contribution in [3.8, 4) is 5.69 Å². The summed E-state index contributed by atoms with van der Waals surface area (Å²) in [5.41, 5.74) is 7.67. The fourth-order valence-electron chi connectivity index (χ4n) is 3.71. The number of nitrogen functional groups attached to an aromatic ring is 1. The van der Waals surface area contributed by atoms with E-state index in [2.05, 4.69) is 5.32 Å². The zero-order valence-electron chi connectivity index (χ0n) is 19.1. The first kappa shape index (κ1) is 24.9. The lowest BCUT2D eigenvalue weighted by Gasteiger charge is -2.16. The smallest absolute Gasteiger partial charge is 0.320 e. The summed E-state index contributed by atoms with van der Waals surface area (Å²) in [6.07, 6.45) is 1.15. The van der Waals surface area contributed by atoms with Crippen molar-refractivity contribution in [3.05, 3.63) is 93.5 Å². The zero-order valence-corrected chi connectivity index (χ0v) is 19.1. The number of carboxylic acids is 1. The molecule has 0 aliphatic carbocycles. The van der Waals surface area contributed by atoms with E-state index in [4.69, 9.17) is 5.73 Å². The van der Waals surface area contributed by atoms with Gasteiger partial charge in [0.25, 0.3) is 5.56 Å². The third kappa shape index (κ3) is 5.96. The second kappa shape index (κ2) is 10.9. The minimum atomic E-state index is -0.867. The van der Waals surface area contributed by atoms with E-state index in [1.807, 2.05) is 26.0 Å². The molecular formula is C26H28FN3O4. The van der Waals surface area contributed by atoms with Gasteiger partial charge in [0.15, 0.2) is 5.78 Å². The van der Waals surface area contributed by atoms with Gasteiger partial charge in [0.2, 0.25) is 0 Å². The lowest BCUT2D eigenvalue weighted by Crippen LogP contribution is -2.38. The standard InChI is InChI=1S/C26H28FN3O4/c1-16(2)15-22(26(33)34)29-14-13-17-3-9-20(10-4-17)30-23(31)12-11-21(25(30)28)24(32)18-5-7-19(27)8-6-18/h3-12,16,22,29H,13-15,28H2,1-2H3,(H,33,34)/t22-/m1/s1. The molecule has 0 bridgehead atoms. The molecule has 0 aliphatic rings. The quantitative estimate of drug-likeness (QED) is 0.395. The summed E-state index contributed by atoms with van der Waals surface area (Å²) in [5.74, 6) is -1.47. The molecule has 1 aromatic heterocycles. The van der Waals surface area contributed by atoms with Crippen LogP contribution >= 0.6 is 0 Å². The first-order valence-corrected chi connectivity index (χ1v) is 11.0. The third-order valence-corrected chi connectivity index (χ3v) is 5.49. The number of hydrogen-bond donors (Lipinski definition) is 3. The molecule has 0 unspecified atom stereocenters. The van der Waals surface area contributed by atoms with E-state index in [0.717, 1.165) is 5.56 Å². The highest BCUT2D eigenvalue weighted by molar-refractivity contribution is 6.11. The van der Waals surface area contributed by atoms with Crippen LogP contribution in [0.15, 0.2) is 65.5 Å². The second-order valence-electron chi connectivity index (χ2n) is 8.53. The number of carbonyl (C=O) groups is 2. The van der Waals surface area contributed by atoms with Gasteiger partial charge in [-0.1, -0.05) is 26.0 Å². The molecule has 0 saturated carbocycles. The molecule has 0 radical (unpaired) electrons. The molecule has 4 N–H and O–H groups in total. The van der Waals surface area contributed by atoms with E-state index in [1.165, 1.54) is 41.0 Å². The maximum Gasteiger partial charge on any atom is 0.320 e. The minimum absolute atomic E-state index is 0.00535. The van der Waals surface area contributed by atoms with Crippen molar-refractivity contribution in [2.45, 2.75) is 32.7 Å². The van der Waals surface area contributed by atoms with Crippen molar-refractivity contribution in [3.63, 3.8) is 0 Å². The lowest BCUT2D eigenvalue weighted by atomic mass is 10.0. The average Bonchev–Trinajstić information content (AvgIpc) is 2.79. The van der Waals surface area contributed by atoms with Crippen molar-refractivity contribution < 1.29 is 19.1 Å². The number of hydrogen-bond acceptors (Lipinski definition) is 5. The number of carbonyl (C=O) groups excluding carboxylic acids is 1. The molecule has 8 heteroatoms. The lowest BCUT2D eigenvalue weighted by molar-refractivity contribution is -0.139. The largest absolute Gasteiger partial charge is 0.480 e. The first-order chi connectivity index (χ1) is 16.2. The molecule has 3 rings (SSSR count). The molecule has 0 aliphatic heterocycles. The number of aromatic nitrogens is 1. The Bertz CT molecular complexity index is 1220. The highest BCUT2D eigenvalue weighted by atomic mass is 19.1. The van der Waals surface area contributed by atoms with Crippen LogP contribution in [0.3, 0.4) is 0 Å². The summed E-state index contributed by atoms with van der Waals surface area (Å²) in [5, 5.41) is 12.4. The van der Waals surface area contributed by atoms with Crippen LogP contribution in [-0.4, -0.2) is 34.0 Å². The third-order valence-electron chi connectivity index (χ3n) is 5.49. The number of aliphatic carboxylic acids is 1. The molecule has 178 valence electrons. The van der Waals surface area contributed by atoms with Crippen LogP contribution in [0.4, 0.5) is 10.2 Å². The van der Waals surface area contributed by atoms with Gasteiger partial charge in [-0.3, -0.25) is 19.0 Å². The van der Waals surface area contributed by atoms with Crippen LogP contribution in [0, 0.1) is 11.7 Å². The van der Waals surface area contributed by atoms with Crippen LogP contribution in [0.2, 0.25) is 0 Å². The van der Waals surface area contributed by atoms with Gasteiger partial charge >= 0.3 is 5.97 Å². The number of carboxylic acid groups (broad SMARTS) is 1. The fourth-order valence-corrected chi connectivity index (χ4v) is 3.71. The Morgan fingerprint density at radius 3 is 2.26 bits per heavy atom. The normalized spacial score (nSPS) is 12.0. The van der Waals surface area contributed by atoms with Crippen molar-refractivity contribution in [1.29, 1.82) is 0 Å². The molecule has 1 heterocycles. The van der Waals surface area contributed by atoms with Gasteiger partial charge in [0.05, 0.1) is 11.3 Å². The number of rotatable bonds is 10. The minimum Gasteiger partial charge on any atom is -0.480 e. The number of halogens is 1. The number of benzene rings is 2. The molecule has 3 aromatic rings. The van der Waals surface area contributed by atoms with E-state index >= 15 is 0 Å². The SMILES string of the molecule is CC(C)C[C@@H](NCCc1ccc(-n2c(N)c(C(=O)c3ccc(F)cc3)ccc2=O)cc1)C(=O)O. The van der Waals surface area contributed by atoms with Gasteiger partial charge in [-0.15, -0.1) is 0 Å². The predicted molar refractivity (Wildman–Crippen MR) is 129 cm³/mol. The summed E-state index contributed by atoms with van der Waals surface area (Å²) in [4.78, 5) is 36.8. The monoisotopic (exact) mass is 465 g/mol. The van der Waals surface area contributed by atoms with Crippen molar-refractivity contribution in [1.82, 2.24) is 9.88 Å². The van der Waals surface area contributed by atoms with E-state index in [9.17, 15) is 23.9 Å². The second-order valence-corrected chi connectivity index (χ2v) is 8.53. The summed E-state index contributed by atoms with van der Waals surface area (Å²) in [7, 11) is 0. The van der Waals surface area contributed by atoms with Crippen LogP contribution < -0.4 is 16.6 Å². The molecule has 1 atom stereocenters. The fraction of sp³-hybridized carbons (Fsp3) is 0.269. The predicted octanol–water partition coefficient (Wildman–Crippen LogP) is 3.42. The Morgan fingerprint density at radius 1 is 1.03 bits per heavy atom. The summed E-state index contributed by atoms with van der Waals surface area (Å²) >= 11 is 0. The summed E-state index contributed by atoms with van der Waals surface area (Å²) in [6.45, 7) is 4.45. The van der Waals surface area contributed by atoms with E-state index in [1.54, 1.807) is 12.1 Å². The van der Waals surface area contributed by atoms with Crippen LogP contribution in [0.25, 0.3) is 5.69 Å². The zero-order chi connectivity index (χ0) is 24.8. The van der Waals surface area contributed by atoms with Crippen molar-refractivity contribution >= 4 is 17.6 Å². The molecule has 0 amide bonds. The molecule has 34 heavy (non-hydrogen) atoms. The Morgan fingerprint density at radius 2 is 1.68 bits per heavy atom.